The van der Waals surface area contributed by atoms with E-state index in [2.05, 4.69) is 4.98 Å². The average Bonchev–Trinajstić information content (AvgIpc) is 3.22. The SMILES string of the molecule is CCN(C(=O)CSc1nc2ccsc2c(=O)n1-c1cccc(Cl)c1)c1ccccc1. The summed E-state index contributed by atoms with van der Waals surface area (Å²) in [6, 6.07) is 18.4. The molecule has 2 aromatic heterocycles. The lowest BCUT2D eigenvalue weighted by Gasteiger charge is -2.21. The Morgan fingerprint density at radius 3 is 2.70 bits per heavy atom. The van der Waals surface area contributed by atoms with Crippen LogP contribution in [0, 0.1) is 0 Å². The highest BCUT2D eigenvalue weighted by Gasteiger charge is 2.18. The predicted molar refractivity (Wildman–Crippen MR) is 125 cm³/mol. The molecule has 0 aliphatic carbocycles. The van der Waals surface area contributed by atoms with Crippen molar-refractivity contribution in [2.24, 2.45) is 0 Å². The Balaban J connectivity index is 1.69. The lowest BCUT2D eigenvalue weighted by atomic mass is 10.3. The first-order valence-corrected chi connectivity index (χ1v) is 11.6. The fourth-order valence-electron chi connectivity index (χ4n) is 3.15. The number of thiophene rings is 1. The topological polar surface area (TPSA) is 55.2 Å². The molecule has 2 aromatic carbocycles. The van der Waals surface area contributed by atoms with Crippen molar-refractivity contribution in [3.8, 4) is 5.69 Å². The van der Waals surface area contributed by atoms with Gasteiger partial charge in [-0.05, 0) is 48.7 Å². The Labute approximate surface area is 186 Å². The first-order chi connectivity index (χ1) is 14.6. The molecule has 2 heterocycles. The van der Waals surface area contributed by atoms with Crippen LogP contribution in [0.25, 0.3) is 15.9 Å². The quantitative estimate of drug-likeness (QED) is 0.294. The highest BCUT2D eigenvalue weighted by atomic mass is 35.5. The van der Waals surface area contributed by atoms with E-state index in [1.165, 1.54) is 27.7 Å². The molecule has 152 valence electrons. The van der Waals surface area contributed by atoms with Gasteiger partial charge < -0.3 is 4.90 Å². The molecule has 0 radical (unpaired) electrons. The van der Waals surface area contributed by atoms with E-state index in [1.54, 1.807) is 23.1 Å². The summed E-state index contributed by atoms with van der Waals surface area (Å²) in [4.78, 5) is 32.5. The molecule has 4 rings (SSSR count). The molecular weight excluding hydrogens is 438 g/mol. The van der Waals surface area contributed by atoms with Crippen LogP contribution < -0.4 is 10.5 Å². The Bertz CT molecular complexity index is 1250. The number of rotatable bonds is 6. The van der Waals surface area contributed by atoms with Crippen LogP contribution in [0.5, 0.6) is 0 Å². The monoisotopic (exact) mass is 455 g/mol. The number of carbonyl (C=O) groups excluding carboxylic acids is 1. The summed E-state index contributed by atoms with van der Waals surface area (Å²) in [7, 11) is 0. The van der Waals surface area contributed by atoms with Crippen molar-refractivity contribution in [3.05, 3.63) is 81.4 Å². The molecule has 0 N–H and O–H groups in total. The Kier molecular flexibility index (Phi) is 6.22. The third-order valence-corrected chi connectivity index (χ3v) is 6.58. The standard InChI is InChI=1S/C22H18ClN3O2S2/c1-2-25(16-8-4-3-5-9-16)19(27)14-30-22-24-18-11-12-29-20(18)21(28)26(22)17-10-6-7-15(23)13-17/h3-13H,2,14H2,1H3. The van der Waals surface area contributed by atoms with E-state index in [4.69, 9.17) is 11.6 Å². The smallest absolute Gasteiger partial charge is 0.276 e. The summed E-state index contributed by atoms with van der Waals surface area (Å²) in [5, 5.41) is 2.83. The van der Waals surface area contributed by atoms with E-state index in [-0.39, 0.29) is 17.2 Å². The number of halogens is 1. The molecule has 0 fully saturated rings. The summed E-state index contributed by atoms with van der Waals surface area (Å²) >= 11 is 8.75. The first-order valence-electron chi connectivity index (χ1n) is 9.33. The highest BCUT2D eigenvalue weighted by Crippen LogP contribution is 2.25. The normalized spacial score (nSPS) is 11.0. The Morgan fingerprint density at radius 2 is 1.97 bits per heavy atom. The number of anilines is 1. The molecule has 0 unspecified atom stereocenters. The molecule has 8 heteroatoms. The van der Waals surface area contributed by atoms with Crippen molar-refractivity contribution < 1.29 is 4.79 Å². The van der Waals surface area contributed by atoms with E-state index in [1.807, 2.05) is 54.8 Å². The molecule has 0 aliphatic heterocycles. The van der Waals surface area contributed by atoms with E-state index in [0.29, 0.717) is 32.6 Å². The van der Waals surface area contributed by atoms with Crippen LogP contribution in [0.4, 0.5) is 5.69 Å². The number of carbonyl (C=O) groups is 1. The molecule has 0 saturated carbocycles. The maximum Gasteiger partial charge on any atom is 0.276 e. The Morgan fingerprint density at radius 1 is 1.17 bits per heavy atom. The number of nitrogens with zero attached hydrogens (tertiary/aromatic N) is 3. The summed E-state index contributed by atoms with van der Waals surface area (Å²) in [5.74, 6) is 0.108. The predicted octanol–water partition coefficient (Wildman–Crippen LogP) is 5.25. The second kappa shape index (κ2) is 9.04. The van der Waals surface area contributed by atoms with Gasteiger partial charge in [-0.15, -0.1) is 11.3 Å². The molecule has 0 bridgehead atoms. The number of amides is 1. The molecule has 0 spiro atoms. The van der Waals surface area contributed by atoms with Crippen LogP contribution >= 0.6 is 34.7 Å². The number of hydrogen-bond donors (Lipinski definition) is 0. The van der Waals surface area contributed by atoms with Gasteiger partial charge in [0.05, 0.1) is 17.0 Å². The van der Waals surface area contributed by atoms with Crippen LogP contribution in [0.1, 0.15) is 6.92 Å². The van der Waals surface area contributed by atoms with Gasteiger partial charge >= 0.3 is 0 Å². The van der Waals surface area contributed by atoms with Gasteiger partial charge in [-0.25, -0.2) is 4.98 Å². The van der Waals surface area contributed by atoms with Gasteiger partial charge in [0.2, 0.25) is 5.91 Å². The minimum Gasteiger partial charge on any atom is -0.312 e. The number of fused-ring (bicyclic) bond motifs is 1. The molecule has 5 nitrogen and oxygen atoms in total. The van der Waals surface area contributed by atoms with Gasteiger partial charge in [0.25, 0.3) is 5.56 Å². The third-order valence-electron chi connectivity index (χ3n) is 4.53. The van der Waals surface area contributed by atoms with Crippen LogP contribution in [0.15, 0.2) is 76.0 Å². The van der Waals surface area contributed by atoms with Gasteiger partial charge in [0, 0.05) is 17.3 Å². The summed E-state index contributed by atoms with van der Waals surface area (Å²) in [6.45, 7) is 2.49. The summed E-state index contributed by atoms with van der Waals surface area (Å²) < 4.78 is 2.10. The number of hydrogen-bond acceptors (Lipinski definition) is 5. The van der Waals surface area contributed by atoms with Gasteiger partial charge in [0.15, 0.2) is 5.16 Å². The lowest BCUT2D eigenvalue weighted by molar-refractivity contribution is -0.116. The lowest BCUT2D eigenvalue weighted by Crippen LogP contribution is -2.32. The van der Waals surface area contributed by atoms with Crippen molar-refractivity contribution in [2.45, 2.75) is 12.1 Å². The van der Waals surface area contributed by atoms with Gasteiger partial charge in [-0.1, -0.05) is 47.6 Å². The number of aromatic nitrogens is 2. The zero-order chi connectivity index (χ0) is 21.1. The maximum absolute atomic E-state index is 13.2. The zero-order valence-corrected chi connectivity index (χ0v) is 18.5. The second-order valence-electron chi connectivity index (χ2n) is 6.41. The zero-order valence-electron chi connectivity index (χ0n) is 16.1. The van der Waals surface area contributed by atoms with E-state index in [0.717, 1.165) is 5.69 Å². The van der Waals surface area contributed by atoms with E-state index >= 15 is 0 Å². The van der Waals surface area contributed by atoms with Crippen molar-refractivity contribution in [2.75, 3.05) is 17.2 Å². The Hall–Kier alpha value is -2.61. The van der Waals surface area contributed by atoms with Gasteiger partial charge in [-0.3, -0.25) is 14.2 Å². The fraction of sp³-hybridized carbons (Fsp3) is 0.136. The number of para-hydroxylation sites is 1. The van der Waals surface area contributed by atoms with Gasteiger partial charge in [-0.2, -0.15) is 0 Å². The van der Waals surface area contributed by atoms with Crippen molar-refractivity contribution in [1.82, 2.24) is 9.55 Å². The number of thioether (sulfide) groups is 1. The first kappa shape index (κ1) is 20.7. The molecule has 0 saturated heterocycles. The van der Waals surface area contributed by atoms with Crippen LogP contribution in [0.2, 0.25) is 5.02 Å². The highest BCUT2D eigenvalue weighted by molar-refractivity contribution is 7.99. The van der Waals surface area contributed by atoms with Crippen LogP contribution in [0.3, 0.4) is 0 Å². The molecule has 0 atom stereocenters. The van der Waals surface area contributed by atoms with Crippen molar-refractivity contribution in [1.29, 1.82) is 0 Å². The molecule has 4 aromatic rings. The van der Waals surface area contributed by atoms with Crippen molar-refractivity contribution >= 4 is 56.5 Å². The van der Waals surface area contributed by atoms with Crippen LogP contribution in [-0.2, 0) is 4.79 Å². The molecule has 1 amide bonds. The minimum absolute atomic E-state index is 0.0500. The largest absolute Gasteiger partial charge is 0.312 e. The summed E-state index contributed by atoms with van der Waals surface area (Å²) in [5.41, 5.74) is 1.94. The van der Waals surface area contributed by atoms with Crippen LogP contribution in [-0.4, -0.2) is 27.8 Å². The van der Waals surface area contributed by atoms with E-state index < -0.39 is 0 Å². The van der Waals surface area contributed by atoms with Gasteiger partial charge in [0.1, 0.15) is 4.70 Å². The average molecular weight is 456 g/mol. The molecule has 30 heavy (non-hydrogen) atoms. The maximum atomic E-state index is 13.2. The fourth-order valence-corrected chi connectivity index (χ4v) is 4.98. The second-order valence-corrected chi connectivity index (χ2v) is 8.71. The molecular formula is C22H18ClN3O2S2. The number of benzene rings is 2. The molecule has 0 aliphatic rings. The third kappa shape index (κ3) is 4.14. The van der Waals surface area contributed by atoms with Crippen molar-refractivity contribution in [3.63, 3.8) is 0 Å². The van der Waals surface area contributed by atoms with E-state index in [9.17, 15) is 9.59 Å². The minimum atomic E-state index is -0.164. The summed E-state index contributed by atoms with van der Waals surface area (Å²) in [6.07, 6.45) is 0.